The zero-order valence-electron chi connectivity index (χ0n) is 15.4. The number of carbonyl (C=O) groups excluding carboxylic acids is 1. The maximum atomic E-state index is 12.8. The van der Waals surface area contributed by atoms with Crippen molar-refractivity contribution in [2.24, 2.45) is 0 Å². The molecular formula is C20H19F2N3O3. The van der Waals surface area contributed by atoms with Crippen LogP contribution in [-0.4, -0.2) is 41.4 Å². The first-order valence-electron chi connectivity index (χ1n) is 8.46. The molecule has 0 saturated carbocycles. The lowest BCUT2D eigenvalue weighted by atomic mass is 10.2. The van der Waals surface area contributed by atoms with Gasteiger partial charge in [-0.25, -0.2) is 4.68 Å². The SMILES string of the molecule is COc1cn(-c2ccccc2)nc1C(=O)N(C)Cc1ccc(OC(F)F)cc1. The molecule has 0 N–H and O–H groups in total. The fourth-order valence-electron chi connectivity index (χ4n) is 2.67. The number of hydrogen-bond acceptors (Lipinski definition) is 4. The Morgan fingerprint density at radius 2 is 1.82 bits per heavy atom. The predicted octanol–water partition coefficient (Wildman–Crippen LogP) is 3.75. The third kappa shape index (κ3) is 4.46. The Bertz CT molecular complexity index is 928. The van der Waals surface area contributed by atoms with E-state index in [1.165, 1.54) is 24.1 Å². The zero-order chi connectivity index (χ0) is 20.1. The highest BCUT2D eigenvalue weighted by Gasteiger charge is 2.22. The summed E-state index contributed by atoms with van der Waals surface area (Å²) >= 11 is 0. The normalized spacial score (nSPS) is 10.8. The number of alkyl halides is 2. The second kappa shape index (κ2) is 8.51. The molecule has 3 rings (SSSR count). The van der Waals surface area contributed by atoms with E-state index in [4.69, 9.17) is 4.74 Å². The molecular weight excluding hydrogens is 368 g/mol. The number of amides is 1. The van der Waals surface area contributed by atoms with Crippen LogP contribution >= 0.6 is 0 Å². The summed E-state index contributed by atoms with van der Waals surface area (Å²) in [6.45, 7) is -2.60. The molecule has 2 aromatic carbocycles. The van der Waals surface area contributed by atoms with Crippen molar-refractivity contribution in [2.45, 2.75) is 13.2 Å². The summed E-state index contributed by atoms with van der Waals surface area (Å²) in [5, 5.41) is 4.36. The van der Waals surface area contributed by atoms with Crippen LogP contribution in [0.3, 0.4) is 0 Å². The third-order valence-corrected chi connectivity index (χ3v) is 4.04. The second-order valence-electron chi connectivity index (χ2n) is 6.01. The van der Waals surface area contributed by atoms with Crippen molar-refractivity contribution in [1.29, 1.82) is 0 Å². The number of aromatic nitrogens is 2. The molecule has 0 fully saturated rings. The summed E-state index contributed by atoms with van der Waals surface area (Å²) in [6, 6.07) is 15.5. The Morgan fingerprint density at radius 3 is 2.43 bits per heavy atom. The molecule has 146 valence electrons. The van der Waals surface area contributed by atoms with Gasteiger partial charge in [-0.1, -0.05) is 30.3 Å². The van der Waals surface area contributed by atoms with Crippen molar-refractivity contribution in [3.05, 3.63) is 72.1 Å². The van der Waals surface area contributed by atoms with E-state index >= 15 is 0 Å². The van der Waals surface area contributed by atoms with Gasteiger partial charge in [0.25, 0.3) is 5.91 Å². The highest BCUT2D eigenvalue weighted by Crippen LogP contribution is 2.22. The van der Waals surface area contributed by atoms with E-state index in [1.54, 1.807) is 30.1 Å². The average Bonchev–Trinajstić information content (AvgIpc) is 3.13. The largest absolute Gasteiger partial charge is 0.493 e. The van der Waals surface area contributed by atoms with Crippen LogP contribution in [0, 0.1) is 0 Å². The molecule has 0 spiro atoms. The van der Waals surface area contributed by atoms with E-state index in [-0.39, 0.29) is 23.9 Å². The molecule has 0 radical (unpaired) electrons. The van der Waals surface area contributed by atoms with Crippen molar-refractivity contribution in [3.8, 4) is 17.2 Å². The summed E-state index contributed by atoms with van der Waals surface area (Å²) in [5.41, 5.74) is 1.75. The van der Waals surface area contributed by atoms with E-state index in [2.05, 4.69) is 9.84 Å². The first kappa shape index (κ1) is 19.3. The molecule has 3 aromatic rings. The van der Waals surface area contributed by atoms with Gasteiger partial charge in [-0.05, 0) is 29.8 Å². The molecule has 28 heavy (non-hydrogen) atoms. The summed E-state index contributed by atoms with van der Waals surface area (Å²) in [6.07, 6.45) is 1.65. The first-order valence-corrected chi connectivity index (χ1v) is 8.46. The molecule has 0 bridgehead atoms. The monoisotopic (exact) mass is 387 g/mol. The maximum Gasteiger partial charge on any atom is 0.387 e. The van der Waals surface area contributed by atoms with Crippen LogP contribution in [0.15, 0.2) is 60.8 Å². The number of methoxy groups -OCH3 is 1. The van der Waals surface area contributed by atoms with Crippen molar-refractivity contribution in [1.82, 2.24) is 14.7 Å². The summed E-state index contributed by atoms with van der Waals surface area (Å²) in [7, 11) is 3.11. The van der Waals surface area contributed by atoms with Gasteiger partial charge < -0.3 is 14.4 Å². The topological polar surface area (TPSA) is 56.6 Å². The Hall–Kier alpha value is -3.42. The van der Waals surface area contributed by atoms with E-state index in [9.17, 15) is 13.6 Å². The van der Waals surface area contributed by atoms with Crippen LogP contribution in [0.5, 0.6) is 11.5 Å². The molecule has 0 unspecified atom stereocenters. The van der Waals surface area contributed by atoms with Gasteiger partial charge in [-0.15, -0.1) is 0 Å². The number of benzene rings is 2. The van der Waals surface area contributed by atoms with Gasteiger partial charge in [0.2, 0.25) is 0 Å². The molecule has 0 saturated heterocycles. The number of hydrogen-bond donors (Lipinski definition) is 0. The predicted molar refractivity (Wildman–Crippen MR) is 99.0 cm³/mol. The van der Waals surface area contributed by atoms with Gasteiger partial charge in [0.1, 0.15) is 5.75 Å². The molecule has 8 heteroatoms. The number of halogens is 2. The van der Waals surface area contributed by atoms with Crippen LogP contribution in [0.1, 0.15) is 16.1 Å². The standard InChI is InChI=1S/C20H19F2N3O3/c1-24(12-14-8-10-16(11-9-14)28-20(21)22)19(26)18-17(27-2)13-25(23-18)15-6-4-3-5-7-15/h3-11,13,20H,12H2,1-2H3. The lowest BCUT2D eigenvalue weighted by molar-refractivity contribution is -0.0498. The van der Waals surface area contributed by atoms with Crippen molar-refractivity contribution < 1.29 is 23.0 Å². The Kier molecular flexibility index (Phi) is 5.88. The quantitative estimate of drug-likeness (QED) is 0.620. The minimum Gasteiger partial charge on any atom is -0.493 e. The third-order valence-electron chi connectivity index (χ3n) is 4.04. The van der Waals surface area contributed by atoms with Gasteiger partial charge in [-0.3, -0.25) is 4.79 Å². The van der Waals surface area contributed by atoms with E-state index in [0.29, 0.717) is 5.75 Å². The molecule has 0 atom stereocenters. The van der Waals surface area contributed by atoms with Crippen LogP contribution in [0.25, 0.3) is 5.69 Å². The molecule has 1 amide bonds. The van der Waals surface area contributed by atoms with Crippen molar-refractivity contribution >= 4 is 5.91 Å². The second-order valence-corrected chi connectivity index (χ2v) is 6.01. The Labute approximate surface area is 160 Å². The highest BCUT2D eigenvalue weighted by molar-refractivity contribution is 5.94. The van der Waals surface area contributed by atoms with Crippen LogP contribution in [0.4, 0.5) is 8.78 Å². The first-order chi connectivity index (χ1) is 13.5. The summed E-state index contributed by atoms with van der Waals surface area (Å²) < 4.78 is 35.7. The van der Waals surface area contributed by atoms with Gasteiger partial charge in [0, 0.05) is 13.6 Å². The van der Waals surface area contributed by atoms with E-state index in [1.807, 2.05) is 30.3 Å². The fourth-order valence-corrected chi connectivity index (χ4v) is 2.67. The smallest absolute Gasteiger partial charge is 0.387 e. The lowest BCUT2D eigenvalue weighted by Crippen LogP contribution is -2.27. The van der Waals surface area contributed by atoms with Gasteiger partial charge >= 0.3 is 6.61 Å². The number of ether oxygens (including phenoxy) is 2. The van der Waals surface area contributed by atoms with Gasteiger partial charge in [-0.2, -0.15) is 13.9 Å². The number of nitrogens with zero attached hydrogens (tertiary/aromatic N) is 3. The zero-order valence-corrected chi connectivity index (χ0v) is 15.4. The number of rotatable bonds is 7. The van der Waals surface area contributed by atoms with Crippen molar-refractivity contribution in [2.75, 3.05) is 14.2 Å². The Morgan fingerprint density at radius 1 is 1.14 bits per heavy atom. The van der Waals surface area contributed by atoms with Gasteiger partial charge in [0.05, 0.1) is 19.0 Å². The molecule has 6 nitrogen and oxygen atoms in total. The van der Waals surface area contributed by atoms with Crippen molar-refractivity contribution in [3.63, 3.8) is 0 Å². The molecule has 0 aliphatic heterocycles. The fraction of sp³-hybridized carbons (Fsp3) is 0.200. The van der Waals surface area contributed by atoms with Crippen LogP contribution in [0.2, 0.25) is 0 Å². The number of para-hydroxylation sites is 1. The minimum atomic E-state index is -2.87. The molecule has 1 heterocycles. The summed E-state index contributed by atoms with van der Waals surface area (Å²) in [5.74, 6) is 0.108. The average molecular weight is 387 g/mol. The molecule has 0 aliphatic carbocycles. The van der Waals surface area contributed by atoms with Crippen LogP contribution < -0.4 is 9.47 Å². The van der Waals surface area contributed by atoms with Crippen LogP contribution in [-0.2, 0) is 6.54 Å². The molecule has 1 aromatic heterocycles. The Balaban J connectivity index is 1.75. The maximum absolute atomic E-state index is 12.8. The van der Waals surface area contributed by atoms with Gasteiger partial charge in [0.15, 0.2) is 11.4 Å². The lowest BCUT2D eigenvalue weighted by Gasteiger charge is -2.17. The van der Waals surface area contributed by atoms with E-state index < -0.39 is 6.61 Å². The summed E-state index contributed by atoms with van der Waals surface area (Å²) in [4.78, 5) is 14.3. The minimum absolute atomic E-state index is 0.0657. The number of carbonyl (C=O) groups is 1. The highest BCUT2D eigenvalue weighted by atomic mass is 19.3. The molecule has 0 aliphatic rings. The van der Waals surface area contributed by atoms with E-state index in [0.717, 1.165) is 11.3 Å².